The fraction of sp³-hybridized carbons (Fsp3) is 0.316. The molecule has 0 saturated heterocycles. The zero-order valence-electron chi connectivity index (χ0n) is 15.2. The summed E-state index contributed by atoms with van der Waals surface area (Å²) in [6.07, 6.45) is 0. The van der Waals surface area contributed by atoms with E-state index in [2.05, 4.69) is 10.0 Å². The minimum absolute atomic E-state index is 0.0977. The molecule has 0 spiro atoms. The minimum Gasteiger partial charge on any atom is -0.383 e. The van der Waals surface area contributed by atoms with Crippen LogP contribution in [0.2, 0.25) is 0 Å². The van der Waals surface area contributed by atoms with E-state index in [-0.39, 0.29) is 23.4 Å². The van der Waals surface area contributed by atoms with E-state index in [9.17, 15) is 13.2 Å². The lowest BCUT2D eigenvalue weighted by Crippen LogP contribution is -2.35. The summed E-state index contributed by atoms with van der Waals surface area (Å²) in [5.74, 6) is -0.339. The van der Waals surface area contributed by atoms with Gasteiger partial charge in [-0.05, 0) is 37.1 Å². The number of carbonyl (C=O) groups excluding carboxylic acids is 1. The fourth-order valence-electron chi connectivity index (χ4n) is 2.48. The van der Waals surface area contributed by atoms with Crippen LogP contribution in [-0.4, -0.2) is 34.1 Å². The average Bonchev–Trinajstić information content (AvgIpc) is 2.61. The monoisotopic (exact) mass is 376 g/mol. The number of nitrogens with one attached hydrogen (secondary N) is 2. The van der Waals surface area contributed by atoms with Crippen LogP contribution in [0.3, 0.4) is 0 Å². The molecule has 2 aromatic carbocycles. The van der Waals surface area contributed by atoms with Gasteiger partial charge < -0.3 is 10.1 Å². The van der Waals surface area contributed by atoms with Gasteiger partial charge in [0, 0.05) is 25.3 Å². The number of amides is 1. The summed E-state index contributed by atoms with van der Waals surface area (Å²) in [5, 5.41) is 2.77. The lowest BCUT2D eigenvalue weighted by molar-refractivity contribution is 0.0905. The van der Waals surface area contributed by atoms with Crippen molar-refractivity contribution in [2.24, 2.45) is 0 Å². The van der Waals surface area contributed by atoms with Crippen molar-refractivity contribution < 1.29 is 17.9 Å². The van der Waals surface area contributed by atoms with Crippen LogP contribution in [0.4, 0.5) is 0 Å². The second-order valence-corrected chi connectivity index (χ2v) is 7.86. The number of benzene rings is 2. The molecule has 0 bridgehead atoms. The molecule has 2 N–H and O–H groups in total. The Morgan fingerprint density at radius 1 is 1.15 bits per heavy atom. The molecule has 0 unspecified atom stereocenters. The highest BCUT2D eigenvalue weighted by atomic mass is 32.2. The zero-order valence-corrected chi connectivity index (χ0v) is 16.0. The molecule has 0 radical (unpaired) electrons. The van der Waals surface area contributed by atoms with Crippen LogP contribution in [0, 0.1) is 6.92 Å². The smallest absolute Gasteiger partial charge is 0.251 e. The Bertz CT molecular complexity index is 851. The number of sulfonamides is 1. The van der Waals surface area contributed by atoms with Crippen molar-refractivity contribution in [3.63, 3.8) is 0 Å². The number of ether oxygens (including phenoxy) is 1. The molecular formula is C19H24N2O4S. The topological polar surface area (TPSA) is 84.5 Å². The second-order valence-electron chi connectivity index (χ2n) is 6.12. The van der Waals surface area contributed by atoms with Gasteiger partial charge in [-0.1, -0.05) is 36.4 Å². The van der Waals surface area contributed by atoms with E-state index < -0.39 is 10.0 Å². The summed E-state index contributed by atoms with van der Waals surface area (Å²) in [5.41, 5.74) is 1.72. The lowest BCUT2D eigenvalue weighted by Gasteiger charge is -2.14. The van der Waals surface area contributed by atoms with Crippen molar-refractivity contribution in [1.82, 2.24) is 10.0 Å². The molecule has 0 aliphatic heterocycles. The number of carbonyl (C=O) groups is 1. The molecule has 0 fully saturated rings. The van der Waals surface area contributed by atoms with E-state index in [1.807, 2.05) is 37.3 Å². The Balaban J connectivity index is 2.18. The molecule has 2 rings (SSSR count). The molecule has 1 amide bonds. The maximum absolute atomic E-state index is 12.7. The molecular weight excluding hydrogens is 352 g/mol. The van der Waals surface area contributed by atoms with Crippen molar-refractivity contribution in [2.75, 3.05) is 13.7 Å². The summed E-state index contributed by atoms with van der Waals surface area (Å²) >= 11 is 0. The van der Waals surface area contributed by atoms with Gasteiger partial charge in [-0.2, -0.15) is 0 Å². The van der Waals surface area contributed by atoms with Crippen LogP contribution < -0.4 is 10.0 Å². The van der Waals surface area contributed by atoms with E-state index in [0.717, 1.165) is 5.56 Å². The summed E-state index contributed by atoms with van der Waals surface area (Å²) in [6, 6.07) is 13.7. The Kier molecular flexibility index (Phi) is 6.90. The molecule has 6 nitrogen and oxygen atoms in total. The van der Waals surface area contributed by atoms with Gasteiger partial charge in [0.2, 0.25) is 10.0 Å². The van der Waals surface area contributed by atoms with E-state index in [1.54, 1.807) is 26.2 Å². The van der Waals surface area contributed by atoms with Crippen molar-refractivity contribution in [2.45, 2.75) is 31.3 Å². The van der Waals surface area contributed by atoms with Crippen LogP contribution in [0.5, 0.6) is 0 Å². The van der Waals surface area contributed by atoms with Gasteiger partial charge in [0.15, 0.2) is 0 Å². The van der Waals surface area contributed by atoms with Gasteiger partial charge in [-0.25, -0.2) is 13.1 Å². The summed E-state index contributed by atoms with van der Waals surface area (Å²) in [4.78, 5) is 12.4. The number of aryl methyl sites for hydroxylation is 1. The Hall–Kier alpha value is -2.22. The van der Waals surface area contributed by atoms with Gasteiger partial charge in [-0.3, -0.25) is 4.79 Å². The van der Waals surface area contributed by atoms with E-state index in [1.165, 1.54) is 6.07 Å². The summed E-state index contributed by atoms with van der Waals surface area (Å²) in [7, 11) is -2.19. The van der Waals surface area contributed by atoms with Gasteiger partial charge in [0.1, 0.15) is 0 Å². The number of hydrogen-bond donors (Lipinski definition) is 2. The molecule has 26 heavy (non-hydrogen) atoms. The first-order valence-corrected chi connectivity index (χ1v) is 9.76. The van der Waals surface area contributed by atoms with Crippen LogP contribution in [-0.2, 0) is 21.3 Å². The summed E-state index contributed by atoms with van der Waals surface area (Å²) in [6.45, 7) is 4.08. The zero-order chi connectivity index (χ0) is 19.2. The molecule has 0 saturated carbocycles. The number of hydrogen-bond acceptors (Lipinski definition) is 4. The quantitative estimate of drug-likeness (QED) is 0.740. The average molecular weight is 376 g/mol. The molecule has 0 aliphatic rings. The molecule has 0 heterocycles. The lowest BCUT2D eigenvalue weighted by atomic mass is 10.1. The Morgan fingerprint density at radius 2 is 1.85 bits per heavy atom. The Morgan fingerprint density at radius 3 is 2.50 bits per heavy atom. The molecule has 7 heteroatoms. The Labute approximate surface area is 154 Å². The van der Waals surface area contributed by atoms with E-state index in [4.69, 9.17) is 4.74 Å². The van der Waals surface area contributed by atoms with Gasteiger partial charge in [0.25, 0.3) is 5.91 Å². The summed E-state index contributed by atoms with van der Waals surface area (Å²) < 4.78 is 32.9. The molecule has 140 valence electrons. The predicted molar refractivity (Wildman–Crippen MR) is 100 cm³/mol. The first-order valence-electron chi connectivity index (χ1n) is 8.27. The maximum Gasteiger partial charge on any atom is 0.251 e. The SMILES string of the molecule is COC[C@H](C)NC(=O)c1ccc(C)c(S(=O)(=O)NCc2ccccc2)c1. The van der Waals surface area contributed by atoms with Gasteiger partial charge in [-0.15, -0.1) is 0 Å². The molecule has 2 aromatic rings. The first-order chi connectivity index (χ1) is 12.3. The van der Waals surface area contributed by atoms with E-state index in [0.29, 0.717) is 17.7 Å². The van der Waals surface area contributed by atoms with E-state index >= 15 is 0 Å². The number of rotatable bonds is 8. The fourth-order valence-corrected chi connectivity index (χ4v) is 3.77. The van der Waals surface area contributed by atoms with Crippen molar-refractivity contribution in [3.05, 3.63) is 65.2 Å². The predicted octanol–water partition coefficient (Wildman–Crippen LogP) is 2.24. The third-order valence-corrected chi connectivity index (χ3v) is 5.39. The van der Waals surface area contributed by atoms with Crippen LogP contribution >= 0.6 is 0 Å². The molecule has 1 atom stereocenters. The second kappa shape index (κ2) is 8.93. The highest BCUT2D eigenvalue weighted by Gasteiger charge is 2.19. The third kappa shape index (κ3) is 5.39. The largest absolute Gasteiger partial charge is 0.383 e. The van der Waals surface area contributed by atoms with Gasteiger partial charge >= 0.3 is 0 Å². The third-order valence-electron chi connectivity index (χ3n) is 3.84. The molecule has 0 aliphatic carbocycles. The normalized spacial score (nSPS) is 12.6. The van der Waals surface area contributed by atoms with Crippen molar-refractivity contribution in [1.29, 1.82) is 0 Å². The minimum atomic E-state index is -3.74. The first kappa shape index (κ1) is 20.1. The van der Waals surface area contributed by atoms with Crippen molar-refractivity contribution >= 4 is 15.9 Å². The molecule has 0 aromatic heterocycles. The maximum atomic E-state index is 12.7. The standard InChI is InChI=1S/C19H24N2O4S/c1-14-9-10-17(19(22)21-15(2)13-25-3)11-18(14)26(23,24)20-12-16-7-5-4-6-8-16/h4-11,15,20H,12-13H2,1-3H3,(H,21,22)/t15-/m0/s1. The van der Waals surface area contributed by atoms with Crippen LogP contribution in [0.25, 0.3) is 0 Å². The van der Waals surface area contributed by atoms with Crippen LogP contribution in [0.1, 0.15) is 28.4 Å². The highest BCUT2D eigenvalue weighted by molar-refractivity contribution is 7.89. The number of methoxy groups -OCH3 is 1. The highest BCUT2D eigenvalue weighted by Crippen LogP contribution is 2.18. The van der Waals surface area contributed by atoms with Crippen LogP contribution in [0.15, 0.2) is 53.4 Å². The van der Waals surface area contributed by atoms with Gasteiger partial charge in [0.05, 0.1) is 11.5 Å². The van der Waals surface area contributed by atoms with Crippen molar-refractivity contribution in [3.8, 4) is 0 Å².